The lowest BCUT2D eigenvalue weighted by Crippen LogP contribution is -2.35. The predicted octanol–water partition coefficient (Wildman–Crippen LogP) is 2.91. The highest BCUT2D eigenvalue weighted by Gasteiger charge is 2.23. The van der Waals surface area contributed by atoms with Crippen LogP contribution in [0, 0.1) is 0 Å². The molecule has 2 rings (SSSR count). The number of amides is 1. The summed E-state index contributed by atoms with van der Waals surface area (Å²) >= 11 is 1.59. The summed E-state index contributed by atoms with van der Waals surface area (Å²) in [5.41, 5.74) is 2.79. The third-order valence-electron chi connectivity index (χ3n) is 2.97. The molecule has 1 aliphatic heterocycles. The van der Waals surface area contributed by atoms with Crippen molar-refractivity contribution in [2.24, 2.45) is 5.16 Å². The van der Waals surface area contributed by atoms with Crippen molar-refractivity contribution in [2.75, 3.05) is 23.8 Å². The number of hydrogen-bond donors (Lipinski definition) is 0. The van der Waals surface area contributed by atoms with Crippen LogP contribution in [-0.4, -0.2) is 30.5 Å². The van der Waals surface area contributed by atoms with Crippen molar-refractivity contribution in [3.8, 4) is 0 Å². The molecule has 0 aliphatic carbocycles. The molecule has 5 heteroatoms. The maximum absolute atomic E-state index is 11.9. The van der Waals surface area contributed by atoms with E-state index >= 15 is 0 Å². The summed E-state index contributed by atoms with van der Waals surface area (Å²) in [4.78, 5) is 19.9. The maximum Gasteiger partial charge on any atom is 0.237 e. The lowest BCUT2D eigenvalue weighted by Gasteiger charge is -2.28. The zero-order valence-corrected chi connectivity index (χ0v) is 12.3. The van der Waals surface area contributed by atoms with Crippen LogP contribution in [-0.2, 0) is 9.63 Å². The summed E-state index contributed by atoms with van der Waals surface area (Å²) in [7, 11) is 0. The Morgan fingerprint density at radius 1 is 1.47 bits per heavy atom. The van der Waals surface area contributed by atoms with Crippen LogP contribution in [0.2, 0.25) is 0 Å². The van der Waals surface area contributed by atoms with Gasteiger partial charge in [-0.05, 0) is 32.9 Å². The quantitative estimate of drug-likeness (QED) is 0.628. The van der Waals surface area contributed by atoms with Crippen LogP contribution in [0.5, 0.6) is 0 Å². The van der Waals surface area contributed by atoms with Gasteiger partial charge in [-0.3, -0.25) is 4.79 Å². The average Bonchev–Trinajstić information content (AvgIpc) is 2.44. The molecule has 4 nitrogen and oxygen atoms in total. The Hall–Kier alpha value is -1.49. The van der Waals surface area contributed by atoms with Crippen LogP contribution in [0.3, 0.4) is 0 Å². The number of nitrogens with zero attached hydrogens (tertiary/aromatic N) is 2. The second-order valence-electron chi connectivity index (χ2n) is 4.20. The molecule has 1 aromatic rings. The van der Waals surface area contributed by atoms with Crippen LogP contribution in [0.15, 0.2) is 28.3 Å². The number of anilines is 1. The van der Waals surface area contributed by atoms with Gasteiger partial charge in [0.1, 0.15) is 6.61 Å². The topological polar surface area (TPSA) is 41.9 Å². The van der Waals surface area contributed by atoms with Gasteiger partial charge >= 0.3 is 0 Å². The van der Waals surface area contributed by atoms with E-state index in [1.54, 1.807) is 11.8 Å². The maximum atomic E-state index is 11.9. The van der Waals surface area contributed by atoms with Gasteiger partial charge in [0, 0.05) is 17.0 Å². The summed E-state index contributed by atoms with van der Waals surface area (Å²) in [5, 5.41) is 4.04. The van der Waals surface area contributed by atoms with E-state index in [1.807, 2.05) is 37.8 Å². The van der Waals surface area contributed by atoms with Gasteiger partial charge in [0.05, 0.1) is 17.2 Å². The molecule has 1 aliphatic rings. The van der Waals surface area contributed by atoms with Gasteiger partial charge < -0.3 is 9.74 Å². The normalized spacial score (nSPS) is 15.4. The third kappa shape index (κ3) is 2.92. The predicted molar refractivity (Wildman–Crippen MR) is 79.0 cm³/mol. The third-order valence-corrected chi connectivity index (χ3v) is 4.01. The fourth-order valence-corrected chi connectivity index (χ4v) is 2.90. The number of benzene rings is 1. The SMILES string of the molecule is CCO/N=C(\C)c1ccc2c(c1)N(CC)C(=O)CS2. The lowest BCUT2D eigenvalue weighted by molar-refractivity contribution is -0.116. The van der Waals surface area contributed by atoms with E-state index in [-0.39, 0.29) is 5.91 Å². The van der Waals surface area contributed by atoms with Crippen molar-refractivity contribution in [1.29, 1.82) is 0 Å². The molecule has 0 unspecified atom stereocenters. The van der Waals surface area contributed by atoms with E-state index in [1.165, 1.54) is 0 Å². The van der Waals surface area contributed by atoms with Gasteiger partial charge in [0.25, 0.3) is 0 Å². The highest BCUT2D eigenvalue weighted by atomic mass is 32.2. The Balaban J connectivity index is 2.36. The van der Waals surface area contributed by atoms with Crippen molar-refractivity contribution in [1.82, 2.24) is 0 Å². The fraction of sp³-hybridized carbons (Fsp3) is 0.429. The minimum absolute atomic E-state index is 0.163. The smallest absolute Gasteiger partial charge is 0.237 e. The van der Waals surface area contributed by atoms with Gasteiger partial charge in [-0.2, -0.15) is 0 Å². The first-order chi connectivity index (χ1) is 9.17. The molecule has 0 N–H and O–H groups in total. The number of oxime groups is 1. The van der Waals surface area contributed by atoms with E-state index in [0.717, 1.165) is 21.9 Å². The Morgan fingerprint density at radius 3 is 2.95 bits per heavy atom. The van der Waals surface area contributed by atoms with Gasteiger partial charge in [0.2, 0.25) is 5.91 Å². The van der Waals surface area contributed by atoms with Crippen LogP contribution >= 0.6 is 11.8 Å². The van der Waals surface area contributed by atoms with Crippen molar-refractivity contribution in [3.63, 3.8) is 0 Å². The molecule has 0 saturated carbocycles. The summed E-state index contributed by atoms with van der Waals surface area (Å²) in [5.74, 6) is 0.684. The number of rotatable bonds is 4. The first-order valence-corrected chi connectivity index (χ1v) is 7.40. The molecular weight excluding hydrogens is 260 g/mol. The molecule has 1 aromatic carbocycles. The summed E-state index contributed by atoms with van der Waals surface area (Å²) in [6.45, 7) is 7.05. The molecule has 0 spiro atoms. The molecule has 1 amide bonds. The standard InChI is InChI=1S/C14H18N2O2S/c1-4-16-12-8-11(10(3)15-18-5-2)6-7-13(12)19-9-14(16)17/h6-8H,4-5,9H2,1-3H3/b15-10+. The number of hydrogen-bond acceptors (Lipinski definition) is 4. The molecule has 0 radical (unpaired) electrons. The van der Waals surface area contributed by atoms with E-state index in [9.17, 15) is 4.79 Å². The largest absolute Gasteiger partial charge is 0.396 e. The molecule has 0 aromatic heterocycles. The van der Waals surface area contributed by atoms with Crippen molar-refractivity contribution >= 4 is 29.1 Å². The van der Waals surface area contributed by atoms with E-state index in [2.05, 4.69) is 11.2 Å². The zero-order valence-electron chi connectivity index (χ0n) is 11.5. The van der Waals surface area contributed by atoms with E-state index in [4.69, 9.17) is 4.84 Å². The zero-order chi connectivity index (χ0) is 13.8. The summed E-state index contributed by atoms with van der Waals surface area (Å²) < 4.78 is 0. The average molecular weight is 278 g/mol. The van der Waals surface area contributed by atoms with Gasteiger partial charge in [-0.25, -0.2) is 0 Å². The van der Waals surface area contributed by atoms with Crippen LogP contribution in [0.4, 0.5) is 5.69 Å². The van der Waals surface area contributed by atoms with Crippen molar-refractivity contribution in [3.05, 3.63) is 23.8 Å². The summed E-state index contributed by atoms with van der Waals surface area (Å²) in [6.07, 6.45) is 0. The Bertz CT molecular complexity index is 514. The fourth-order valence-electron chi connectivity index (χ4n) is 1.99. The second kappa shape index (κ2) is 6.10. The monoisotopic (exact) mass is 278 g/mol. The second-order valence-corrected chi connectivity index (χ2v) is 5.22. The first kappa shape index (κ1) is 13.9. The number of fused-ring (bicyclic) bond motifs is 1. The molecular formula is C14H18N2O2S. The highest BCUT2D eigenvalue weighted by molar-refractivity contribution is 8.00. The first-order valence-electron chi connectivity index (χ1n) is 6.41. The molecule has 1 heterocycles. The molecule has 0 bridgehead atoms. The number of carbonyl (C=O) groups excluding carboxylic acids is 1. The van der Waals surface area contributed by atoms with Crippen molar-refractivity contribution < 1.29 is 9.63 Å². The molecule has 19 heavy (non-hydrogen) atoms. The van der Waals surface area contributed by atoms with E-state index < -0.39 is 0 Å². The molecule has 0 fully saturated rings. The minimum atomic E-state index is 0.163. The number of carbonyl (C=O) groups is 1. The summed E-state index contributed by atoms with van der Waals surface area (Å²) in [6, 6.07) is 6.09. The molecule has 0 saturated heterocycles. The van der Waals surface area contributed by atoms with Crippen LogP contribution < -0.4 is 4.90 Å². The van der Waals surface area contributed by atoms with Gasteiger partial charge in [-0.15, -0.1) is 11.8 Å². The number of thioether (sulfide) groups is 1. The Labute approximate surface area is 117 Å². The Kier molecular flexibility index (Phi) is 4.47. The minimum Gasteiger partial charge on any atom is -0.396 e. The highest BCUT2D eigenvalue weighted by Crippen LogP contribution is 2.35. The van der Waals surface area contributed by atoms with Gasteiger partial charge in [-0.1, -0.05) is 11.2 Å². The van der Waals surface area contributed by atoms with Crippen LogP contribution in [0.25, 0.3) is 0 Å². The lowest BCUT2D eigenvalue weighted by atomic mass is 10.1. The van der Waals surface area contributed by atoms with E-state index in [0.29, 0.717) is 18.9 Å². The van der Waals surface area contributed by atoms with Crippen molar-refractivity contribution in [2.45, 2.75) is 25.7 Å². The van der Waals surface area contributed by atoms with Crippen LogP contribution in [0.1, 0.15) is 26.3 Å². The Morgan fingerprint density at radius 2 is 2.26 bits per heavy atom. The van der Waals surface area contributed by atoms with Gasteiger partial charge in [0.15, 0.2) is 0 Å². The molecule has 102 valence electrons. The molecule has 0 atom stereocenters.